The highest BCUT2D eigenvalue weighted by atomic mass is 16.1. The number of nitrogens with zero attached hydrogens (tertiary/aromatic N) is 2. The van der Waals surface area contributed by atoms with Crippen LogP contribution in [0.25, 0.3) is 0 Å². The Morgan fingerprint density at radius 2 is 1.76 bits per heavy atom. The van der Waals surface area contributed by atoms with Crippen LogP contribution in [0.2, 0.25) is 0 Å². The van der Waals surface area contributed by atoms with Crippen LogP contribution in [0.15, 0.2) is 30.3 Å². The van der Waals surface area contributed by atoms with E-state index in [9.17, 15) is 4.79 Å². The Kier molecular flexibility index (Phi) is 6.92. The van der Waals surface area contributed by atoms with Gasteiger partial charge < -0.3 is 10.6 Å². The molecule has 0 spiro atoms. The Morgan fingerprint density at radius 1 is 1.12 bits per heavy atom. The van der Waals surface area contributed by atoms with Crippen molar-refractivity contribution in [1.29, 1.82) is 0 Å². The van der Waals surface area contributed by atoms with E-state index in [4.69, 9.17) is 0 Å². The zero-order chi connectivity index (χ0) is 18.2. The number of carbonyl (C=O) groups excluding carboxylic acids is 1. The summed E-state index contributed by atoms with van der Waals surface area (Å²) in [6.45, 7) is 8.72. The van der Waals surface area contributed by atoms with Gasteiger partial charge in [-0.1, -0.05) is 31.2 Å². The molecule has 0 saturated heterocycles. The molecule has 0 radical (unpaired) electrons. The number of anilines is 1. The summed E-state index contributed by atoms with van der Waals surface area (Å²) < 4.78 is 0. The molecule has 25 heavy (non-hydrogen) atoms. The van der Waals surface area contributed by atoms with Gasteiger partial charge in [-0.25, -0.2) is 9.97 Å². The first-order valence-electron chi connectivity index (χ1n) is 8.92. The van der Waals surface area contributed by atoms with E-state index in [-0.39, 0.29) is 11.9 Å². The number of amides is 1. The van der Waals surface area contributed by atoms with Crippen LogP contribution in [0.1, 0.15) is 55.2 Å². The number of carbonyl (C=O) groups is 1. The largest absolute Gasteiger partial charge is 0.354 e. The molecule has 5 nitrogen and oxygen atoms in total. The van der Waals surface area contributed by atoms with Crippen molar-refractivity contribution in [2.75, 3.05) is 11.9 Å². The van der Waals surface area contributed by atoms with E-state index < -0.39 is 0 Å². The summed E-state index contributed by atoms with van der Waals surface area (Å²) >= 11 is 0. The zero-order valence-corrected chi connectivity index (χ0v) is 15.6. The third-order valence-corrected chi connectivity index (χ3v) is 4.11. The van der Waals surface area contributed by atoms with Crippen molar-refractivity contribution < 1.29 is 4.79 Å². The highest BCUT2D eigenvalue weighted by Gasteiger charge is 2.09. The molecule has 0 aliphatic carbocycles. The van der Waals surface area contributed by atoms with Crippen LogP contribution in [-0.2, 0) is 11.2 Å². The molecule has 1 atom stereocenters. The lowest BCUT2D eigenvalue weighted by molar-refractivity contribution is -0.121. The number of aryl methyl sites for hydroxylation is 3. The molecule has 1 amide bonds. The molecule has 2 N–H and O–H groups in total. The number of rotatable bonds is 8. The number of aromatic nitrogens is 2. The van der Waals surface area contributed by atoms with Gasteiger partial charge in [-0.2, -0.15) is 0 Å². The van der Waals surface area contributed by atoms with E-state index in [1.54, 1.807) is 0 Å². The van der Waals surface area contributed by atoms with E-state index in [1.807, 2.05) is 26.8 Å². The zero-order valence-electron chi connectivity index (χ0n) is 15.6. The van der Waals surface area contributed by atoms with Crippen molar-refractivity contribution in [2.24, 2.45) is 0 Å². The molecule has 2 aromatic rings. The summed E-state index contributed by atoms with van der Waals surface area (Å²) in [6.07, 6.45) is 2.25. The van der Waals surface area contributed by atoms with Gasteiger partial charge in [-0.3, -0.25) is 4.79 Å². The summed E-state index contributed by atoms with van der Waals surface area (Å²) in [6, 6.07) is 10.4. The minimum atomic E-state index is 0.0223. The fourth-order valence-electron chi connectivity index (χ4n) is 2.69. The van der Waals surface area contributed by atoms with Crippen molar-refractivity contribution in [1.82, 2.24) is 15.3 Å². The maximum atomic E-state index is 12.1. The van der Waals surface area contributed by atoms with Crippen molar-refractivity contribution in [3.63, 3.8) is 0 Å². The standard InChI is InChI=1S/C20H28N4O/c1-5-17-8-10-18(11-9-17)16(4)24-19(25)7-6-12-21-20-22-14(2)13-15(3)23-20/h8-11,13,16H,5-7,12H2,1-4H3,(H,24,25)(H,21,22,23). The first-order valence-corrected chi connectivity index (χ1v) is 8.92. The molecule has 5 heteroatoms. The normalized spacial score (nSPS) is 11.8. The van der Waals surface area contributed by atoms with Gasteiger partial charge in [0.25, 0.3) is 0 Å². The fraction of sp³-hybridized carbons (Fsp3) is 0.450. The van der Waals surface area contributed by atoms with Gasteiger partial charge >= 0.3 is 0 Å². The van der Waals surface area contributed by atoms with Crippen LogP contribution in [0.4, 0.5) is 5.95 Å². The lowest BCUT2D eigenvalue weighted by atomic mass is 10.0. The smallest absolute Gasteiger partial charge is 0.223 e. The van der Waals surface area contributed by atoms with E-state index >= 15 is 0 Å². The van der Waals surface area contributed by atoms with Crippen LogP contribution in [0.3, 0.4) is 0 Å². The first-order chi connectivity index (χ1) is 12.0. The quantitative estimate of drug-likeness (QED) is 0.719. The van der Waals surface area contributed by atoms with Crippen molar-refractivity contribution in [2.45, 2.75) is 53.0 Å². The minimum absolute atomic E-state index is 0.0223. The maximum Gasteiger partial charge on any atom is 0.223 e. The summed E-state index contributed by atoms with van der Waals surface area (Å²) in [7, 11) is 0. The summed E-state index contributed by atoms with van der Waals surface area (Å²) in [4.78, 5) is 20.8. The van der Waals surface area contributed by atoms with E-state index in [1.165, 1.54) is 5.56 Å². The van der Waals surface area contributed by atoms with Crippen LogP contribution in [0, 0.1) is 13.8 Å². The molecule has 0 saturated carbocycles. The molecule has 1 aromatic heterocycles. The number of nitrogens with one attached hydrogen (secondary N) is 2. The molecule has 0 fully saturated rings. The second-order valence-corrected chi connectivity index (χ2v) is 6.39. The Bertz CT molecular complexity index is 677. The Balaban J connectivity index is 1.72. The average Bonchev–Trinajstić information content (AvgIpc) is 2.58. The van der Waals surface area contributed by atoms with E-state index in [0.717, 1.165) is 29.8 Å². The second-order valence-electron chi connectivity index (χ2n) is 6.39. The summed E-state index contributed by atoms with van der Waals surface area (Å²) in [5.41, 5.74) is 4.32. The predicted molar refractivity (Wildman–Crippen MR) is 102 cm³/mol. The van der Waals surface area contributed by atoms with Crippen molar-refractivity contribution in [3.05, 3.63) is 52.8 Å². The Hall–Kier alpha value is -2.43. The maximum absolute atomic E-state index is 12.1. The number of benzene rings is 1. The van der Waals surface area contributed by atoms with E-state index in [0.29, 0.717) is 18.9 Å². The lowest BCUT2D eigenvalue weighted by Gasteiger charge is -2.15. The van der Waals surface area contributed by atoms with Crippen molar-refractivity contribution >= 4 is 11.9 Å². The van der Waals surface area contributed by atoms with Crippen LogP contribution in [0.5, 0.6) is 0 Å². The highest BCUT2D eigenvalue weighted by molar-refractivity contribution is 5.76. The topological polar surface area (TPSA) is 66.9 Å². The van der Waals surface area contributed by atoms with Crippen LogP contribution < -0.4 is 10.6 Å². The summed E-state index contributed by atoms with van der Waals surface area (Å²) in [5.74, 6) is 0.692. The average molecular weight is 340 g/mol. The van der Waals surface area contributed by atoms with Gasteiger partial charge in [0, 0.05) is 24.4 Å². The predicted octanol–water partition coefficient (Wildman–Crippen LogP) is 3.73. The molecular formula is C20H28N4O. The third kappa shape index (κ3) is 6.18. The Morgan fingerprint density at radius 3 is 2.36 bits per heavy atom. The fourth-order valence-corrected chi connectivity index (χ4v) is 2.69. The summed E-state index contributed by atoms with van der Waals surface area (Å²) in [5, 5.41) is 6.23. The monoisotopic (exact) mass is 340 g/mol. The second kappa shape index (κ2) is 9.16. The van der Waals surface area contributed by atoms with Gasteiger partial charge in [-0.15, -0.1) is 0 Å². The lowest BCUT2D eigenvalue weighted by Crippen LogP contribution is -2.26. The van der Waals surface area contributed by atoms with Gasteiger partial charge in [0.1, 0.15) is 0 Å². The molecule has 1 heterocycles. The molecule has 0 bridgehead atoms. The SMILES string of the molecule is CCc1ccc(C(C)NC(=O)CCCNc2nc(C)cc(C)n2)cc1. The first kappa shape index (κ1) is 18.9. The third-order valence-electron chi connectivity index (χ3n) is 4.11. The van der Waals surface area contributed by atoms with Gasteiger partial charge in [0.15, 0.2) is 0 Å². The molecule has 134 valence electrons. The van der Waals surface area contributed by atoms with Gasteiger partial charge in [-0.05, 0) is 50.8 Å². The van der Waals surface area contributed by atoms with Crippen LogP contribution >= 0.6 is 0 Å². The molecule has 0 aliphatic rings. The van der Waals surface area contributed by atoms with Crippen LogP contribution in [-0.4, -0.2) is 22.4 Å². The molecule has 0 aliphatic heterocycles. The Labute approximate surface area is 150 Å². The van der Waals surface area contributed by atoms with E-state index in [2.05, 4.69) is 51.8 Å². The minimum Gasteiger partial charge on any atom is -0.354 e. The van der Waals surface area contributed by atoms with Crippen molar-refractivity contribution in [3.8, 4) is 0 Å². The molecule has 1 aromatic carbocycles. The molecule has 1 unspecified atom stereocenters. The molecule has 2 rings (SSSR count). The highest BCUT2D eigenvalue weighted by Crippen LogP contribution is 2.14. The number of hydrogen-bond acceptors (Lipinski definition) is 4. The van der Waals surface area contributed by atoms with Gasteiger partial charge in [0.05, 0.1) is 6.04 Å². The number of hydrogen-bond donors (Lipinski definition) is 2. The molecular weight excluding hydrogens is 312 g/mol. The van der Waals surface area contributed by atoms with Gasteiger partial charge in [0.2, 0.25) is 11.9 Å².